The van der Waals surface area contributed by atoms with Crippen LogP contribution < -0.4 is 5.32 Å². The van der Waals surface area contributed by atoms with E-state index in [-0.39, 0.29) is 0 Å². The number of hydrogen-bond acceptors (Lipinski definition) is 3. The Morgan fingerprint density at radius 3 is 2.80 bits per heavy atom. The highest BCUT2D eigenvalue weighted by atomic mass is 16.5. The molecule has 1 saturated carbocycles. The SMILES string of the molecule is CCN1CCOC(C(NC)C2CCC2)C1. The van der Waals surface area contributed by atoms with Crippen LogP contribution in [0.25, 0.3) is 0 Å². The summed E-state index contributed by atoms with van der Waals surface area (Å²) in [7, 11) is 2.08. The van der Waals surface area contributed by atoms with Gasteiger partial charge in [0.05, 0.1) is 12.7 Å². The molecular formula is C12H24N2O. The van der Waals surface area contributed by atoms with Gasteiger partial charge in [-0.2, -0.15) is 0 Å². The lowest BCUT2D eigenvalue weighted by molar-refractivity contribution is -0.0606. The van der Waals surface area contributed by atoms with Gasteiger partial charge in [-0.1, -0.05) is 13.3 Å². The molecule has 1 aliphatic carbocycles. The molecule has 0 spiro atoms. The fraction of sp³-hybridized carbons (Fsp3) is 1.00. The molecule has 2 atom stereocenters. The topological polar surface area (TPSA) is 24.5 Å². The number of ether oxygens (including phenoxy) is 1. The van der Waals surface area contributed by atoms with Crippen molar-refractivity contribution in [1.29, 1.82) is 0 Å². The third-order valence-corrected chi connectivity index (χ3v) is 4.02. The number of nitrogens with one attached hydrogen (secondary N) is 1. The number of nitrogens with zero attached hydrogens (tertiary/aromatic N) is 1. The Labute approximate surface area is 93.2 Å². The molecule has 0 amide bonds. The van der Waals surface area contributed by atoms with E-state index >= 15 is 0 Å². The molecule has 0 aromatic rings. The van der Waals surface area contributed by atoms with Gasteiger partial charge >= 0.3 is 0 Å². The van der Waals surface area contributed by atoms with Crippen LogP contribution in [0.4, 0.5) is 0 Å². The van der Waals surface area contributed by atoms with Crippen molar-refractivity contribution in [3.8, 4) is 0 Å². The third-order valence-electron chi connectivity index (χ3n) is 4.02. The molecule has 0 bridgehead atoms. The summed E-state index contributed by atoms with van der Waals surface area (Å²) < 4.78 is 5.92. The van der Waals surface area contributed by atoms with Crippen molar-refractivity contribution < 1.29 is 4.74 Å². The zero-order valence-electron chi connectivity index (χ0n) is 10.0. The average Bonchev–Trinajstić information content (AvgIpc) is 2.23. The molecule has 1 aliphatic heterocycles. The smallest absolute Gasteiger partial charge is 0.0857 e. The van der Waals surface area contributed by atoms with Crippen LogP contribution in [0.5, 0.6) is 0 Å². The first kappa shape index (κ1) is 11.4. The maximum atomic E-state index is 5.92. The van der Waals surface area contributed by atoms with Gasteiger partial charge in [-0.15, -0.1) is 0 Å². The highest BCUT2D eigenvalue weighted by Gasteiger charge is 2.34. The largest absolute Gasteiger partial charge is 0.374 e. The van der Waals surface area contributed by atoms with Gasteiger partial charge in [0.2, 0.25) is 0 Å². The van der Waals surface area contributed by atoms with Crippen molar-refractivity contribution >= 4 is 0 Å². The number of morpholine rings is 1. The summed E-state index contributed by atoms with van der Waals surface area (Å²) in [5, 5.41) is 3.47. The van der Waals surface area contributed by atoms with Crippen molar-refractivity contribution in [2.24, 2.45) is 5.92 Å². The van der Waals surface area contributed by atoms with E-state index in [2.05, 4.69) is 24.2 Å². The van der Waals surface area contributed by atoms with E-state index in [4.69, 9.17) is 4.74 Å². The Morgan fingerprint density at radius 1 is 1.47 bits per heavy atom. The Hall–Kier alpha value is -0.120. The van der Waals surface area contributed by atoms with Crippen LogP contribution in [0, 0.1) is 5.92 Å². The van der Waals surface area contributed by atoms with Crippen LogP contribution in [0.2, 0.25) is 0 Å². The van der Waals surface area contributed by atoms with Crippen LogP contribution in [-0.2, 0) is 4.74 Å². The highest BCUT2D eigenvalue weighted by Crippen LogP contribution is 2.32. The lowest BCUT2D eigenvalue weighted by Gasteiger charge is -2.42. The van der Waals surface area contributed by atoms with Crippen LogP contribution >= 0.6 is 0 Å². The molecule has 2 fully saturated rings. The summed E-state index contributed by atoms with van der Waals surface area (Å²) in [6, 6.07) is 0.577. The minimum Gasteiger partial charge on any atom is -0.374 e. The minimum atomic E-state index is 0.411. The molecular weight excluding hydrogens is 188 g/mol. The van der Waals surface area contributed by atoms with Crippen molar-refractivity contribution in [1.82, 2.24) is 10.2 Å². The summed E-state index contributed by atoms with van der Waals surface area (Å²) in [6.07, 6.45) is 4.59. The van der Waals surface area contributed by atoms with Crippen LogP contribution in [0.3, 0.4) is 0 Å². The summed E-state index contributed by atoms with van der Waals surface area (Å²) >= 11 is 0. The van der Waals surface area contributed by atoms with Crippen LogP contribution in [0.1, 0.15) is 26.2 Å². The molecule has 0 aromatic carbocycles. The molecule has 0 radical (unpaired) electrons. The molecule has 3 heteroatoms. The fourth-order valence-electron chi connectivity index (χ4n) is 2.76. The zero-order valence-corrected chi connectivity index (χ0v) is 10.0. The Balaban J connectivity index is 1.88. The molecule has 1 saturated heterocycles. The first-order chi connectivity index (χ1) is 7.35. The average molecular weight is 212 g/mol. The van der Waals surface area contributed by atoms with E-state index in [9.17, 15) is 0 Å². The first-order valence-corrected chi connectivity index (χ1v) is 6.36. The van der Waals surface area contributed by atoms with Gasteiger partial charge in [0.15, 0.2) is 0 Å². The summed E-state index contributed by atoms with van der Waals surface area (Å²) in [5.74, 6) is 0.858. The van der Waals surface area contributed by atoms with Crippen molar-refractivity contribution in [3.63, 3.8) is 0 Å². The Morgan fingerprint density at radius 2 is 2.27 bits per heavy atom. The van der Waals surface area contributed by atoms with E-state index < -0.39 is 0 Å². The van der Waals surface area contributed by atoms with Gasteiger partial charge in [0.25, 0.3) is 0 Å². The van der Waals surface area contributed by atoms with E-state index in [1.807, 2.05) is 0 Å². The number of hydrogen-bond donors (Lipinski definition) is 1. The highest BCUT2D eigenvalue weighted by molar-refractivity contribution is 4.90. The molecule has 2 rings (SSSR count). The normalized spacial score (nSPS) is 31.2. The standard InChI is InChI=1S/C12H24N2O/c1-3-14-7-8-15-11(9-14)12(13-2)10-5-4-6-10/h10-13H,3-9H2,1-2H3. The molecule has 0 aromatic heterocycles. The van der Waals surface area contributed by atoms with Crippen molar-refractivity contribution in [2.45, 2.75) is 38.3 Å². The van der Waals surface area contributed by atoms with Gasteiger partial charge < -0.3 is 10.1 Å². The summed E-state index contributed by atoms with van der Waals surface area (Å²) in [4.78, 5) is 2.50. The summed E-state index contributed by atoms with van der Waals surface area (Å²) in [6.45, 7) is 6.51. The van der Waals surface area contributed by atoms with Gasteiger partial charge in [-0.25, -0.2) is 0 Å². The second-order valence-electron chi connectivity index (χ2n) is 4.81. The predicted molar refractivity (Wildman–Crippen MR) is 62.0 cm³/mol. The summed E-state index contributed by atoms with van der Waals surface area (Å²) in [5.41, 5.74) is 0. The second-order valence-corrected chi connectivity index (χ2v) is 4.81. The molecule has 88 valence electrons. The first-order valence-electron chi connectivity index (χ1n) is 6.36. The van der Waals surface area contributed by atoms with E-state index in [0.717, 1.165) is 32.2 Å². The zero-order chi connectivity index (χ0) is 10.7. The Bertz CT molecular complexity index is 194. The van der Waals surface area contributed by atoms with Gasteiger partial charge in [-0.3, -0.25) is 4.90 Å². The van der Waals surface area contributed by atoms with Crippen molar-refractivity contribution in [3.05, 3.63) is 0 Å². The monoisotopic (exact) mass is 212 g/mol. The van der Waals surface area contributed by atoms with Gasteiger partial charge in [-0.05, 0) is 32.4 Å². The van der Waals surface area contributed by atoms with Crippen molar-refractivity contribution in [2.75, 3.05) is 33.3 Å². The lowest BCUT2D eigenvalue weighted by atomic mass is 9.77. The van der Waals surface area contributed by atoms with E-state index in [1.54, 1.807) is 0 Å². The lowest BCUT2D eigenvalue weighted by Crippen LogP contribution is -2.55. The maximum absolute atomic E-state index is 5.92. The van der Waals surface area contributed by atoms with Gasteiger partial charge in [0, 0.05) is 19.1 Å². The molecule has 15 heavy (non-hydrogen) atoms. The van der Waals surface area contributed by atoms with Crippen LogP contribution in [-0.4, -0.2) is 50.3 Å². The molecule has 1 heterocycles. The minimum absolute atomic E-state index is 0.411. The van der Waals surface area contributed by atoms with E-state index in [0.29, 0.717) is 12.1 Å². The van der Waals surface area contributed by atoms with Gasteiger partial charge in [0.1, 0.15) is 0 Å². The van der Waals surface area contributed by atoms with E-state index in [1.165, 1.54) is 19.3 Å². The quantitative estimate of drug-likeness (QED) is 0.755. The Kier molecular flexibility index (Phi) is 4.00. The number of rotatable bonds is 4. The predicted octanol–water partition coefficient (Wildman–Crippen LogP) is 1.10. The fourth-order valence-corrected chi connectivity index (χ4v) is 2.76. The maximum Gasteiger partial charge on any atom is 0.0857 e. The second kappa shape index (κ2) is 5.28. The third kappa shape index (κ3) is 2.52. The van der Waals surface area contributed by atoms with Crippen LogP contribution in [0.15, 0.2) is 0 Å². The molecule has 3 nitrogen and oxygen atoms in total. The molecule has 1 N–H and O–H groups in total. The molecule has 2 aliphatic rings. The number of likely N-dealkylation sites (N-methyl/N-ethyl adjacent to an activating group) is 2. The molecule has 2 unspecified atom stereocenters.